The van der Waals surface area contributed by atoms with Gasteiger partial charge in [-0.2, -0.15) is 0 Å². The van der Waals surface area contributed by atoms with E-state index in [-0.39, 0.29) is 11.2 Å². The number of carbonyl (C=O) groups excluding carboxylic acids is 2. The van der Waals surface area contributed by atoms with Gasteiger partial charge in [0, 0.05) is 31.9 Å². The molecular formula is C19H26N4O5. The van der Waals surface area contributed by atoms with E-state index < -0.39 is 4.92 Å². The highest BCUT2D eigenvalue weighted by Gasteiger charge is 2.19. The molecule has 9 nitrogen and oxygen atoms in total. The molecule has 0 aliphatic carbocycles. The number of aromatic nitrogens is 2. The maximum absolute atomic E-state index is 11.8. The first-order valence-electron chi connectivity index (χ1n) is 9.72. The molecule has 1 N–H and O–H groups in total. The van der Waals surface area contributed by atoms with Crippen molar-refractivity contribution in [1.82, 2.24) is 10.3 Å². The number of nitrogens with one attached hydrogen (secondary N) is 1. The Bertz CT molecular complexity index is 790. The molecule has 2 rings (SSSR count). The Hall–Kier alpha value is -2.84. The number of unbranched alkanes of at least 4 members (excludes halogenated alkanes) is 6. The molecular weight excluding hydrogens is 364 g/mol. The molecule has 0 unspecified atom stereocenters. The van der Waals surface area contributed by atoms with Gasteiger partial charge < -0.3 is 10.1 Å². The van der Waals surface area contributed by atoms with E-state index in [0.717, 1.165) is 51.2 Å². The monoisotopic (exact) mass is 390 g/mol. The van der Waals surface area contributed by atoms with Gasteiger partial charge >= 0.3 is 5.69 Å². The molecule has 152 valence electrons. The normalized spacial score (nSPS) is 10.9. The number of hydrogen-bond donors (Lipinski definition) is 1. The minimum Gasteiger partial charge on any atom is -0.383 e. The van der Waals surface area contributed by atoms with Crippen LogP contribution in [0.5, 0.6) is 0 Å². The summed E-state index contributed by atoms with van der Waals surface area (Å²) < 4.78 is 4.63. The third-order valence-corrected chi connectivity index (χ3v) is 4.57. The fourth-order valence-electron chi connectivity index (χ4n) is 3.02. The van der Waals surface area contributed by atoms with Gasteiger partial charge in [0.2, 0.25) is 5.52 Å². The van der Waals surface area contributed by atoms with Crippen LogP contribution in [0.2, 0.25) is 0 Å². The molecule has 0 saturated carbocycles. The van der Waals surface area contributed by atoms with Gasteiger partial charge in [0.1, 0.15) is 12.1 Å². The van der Waals surface area contributed by atoms with Crippen molar-refractivity contribution in [3.63, 3.8) is 0 Å². The zero-order valence-corrected chi connectivity index (χ0v) is 15.9. The highest BCUT2D eigenvalue weighted by atomic mass is 16.6. The van der Waals surface area contributed by atoms with Gasteiger partial charge in [-0.05, 0) is 42.1 Å². The zero-order valence-electron chi connectivity index (χ0n) is 15.9. The standard InChI is InChI=1S/C19H26N4O5/c24-14-8-3-1-2-5-9-15(25)10-6-4-7-13-20-16-11-12-17(23(26)27)19-18(16)21-28-22-19/h11-12,14,20H,1-10,13H2. The lowest BCUT2D eigenvalue weighted by atomic mass is 10.0. The number of rotatable bonds is 15. The largest absolute Gasteiger partial charge is 0.383 e. The molecule has 28 heavy (non-hydrogen) atoms. The lowest BCUT2D eigenvalue weighted by Gasteiger charge is -2.06. The van der Waals surface area contributed by atoms with Crippen molar-refractivity contribution in [1.29, 1.82) is 0 Å². The molecule has 0 atom stereocenters. The summed E-state index contributed by atoms with van der Waals surface area (Å²) in [7, 11) is 0. The molecule has 1 heterocycles. The quantitative estimate of drug-likeness (QED) is 0.207. The second kappa shape index (κ2) is 11.8. The number of Topliss-reactive ketones (excluding diaryl/α,β-unsaturated/α-hetero) is 1. The van der Waals surface area contributed by atoms with Crippen molar-refractivity contribution in [2.45, 2.75) is 64.2 Å². The van der Waals surface area contributed by atoms with Crippen LogP contribution in [0, 0.1) is 10.1 Å². The molecule has 1 aromatic heterocycles. The predicted molar refractivity (Wildman–Crippen MR) is 104 cm³/mol. The number of ketones is 1. The summed E-state index contributed by atoms with van der Waals surface area (Å²) in [5.41, 5.74) is 0.987. The smallest absolute Gasteiger partial charge is 0.300 e. The SMILES string of the molecule is O=CCCCCCCC(=O)CCCCCNc1ccc([N+](=O)[O-])c2nonc12. The number of nitrogens with zero attached hydrogens (tertiary/aromatic N) is 3. The molecule has 9 heteroatoms. The number of non-ortho nitro benzene ring substituents is 1. The van der Waals surface area contributed by atoms with E-state index >= 15 is 0 Å². The van der Waals surface area contributed by atoms with E-state index in [1.165, 1.54) is 6.07 Å². The fraction of sp³-hybridized carbons (Fsp3) is 0.579. The number of benzene rings is 1. The van der Waals surface area contributed by atoms with Crippen molar-refractivity contribution in [3.05, 3.63) is 22.2 Å². The van der Waals surface area contributed by atoms with Gasteiger partial charge in [-0.25, -0.2) is 4.63 Å². The Balaban J connectivity index is 1.60. The topological polar surface area (TPSA) is 128 Å². The van der Waals surface area contributed by atoms with Gasteiger partial charge in [-0.3, -0.25) is 14.9 Å². The van der Waals surface area contributed by atoms with E-state index in [2.05, 4.69) is 20.3 Å². The minimum absolute atomic E-state index is 0.131. The van der Waals surface area contributed by atoms with Crippen molar-refractivity contribution in [2.24, 2.45) is 0 Å². The highest BCUT2D eigenvalue weighted by Crippen LogP contribution is 2.28. The van der Waals surface area contributed by atoms with E-state index in [4.69, 9.17) is 0 Å². The maximum atomic E-state index is 11.8. The molecule has 0 fully saturated rings. The predicted octanol–water partition coefficient (Wildman–Crippen LogP) is 4.21. The highest BCUT2D eigenvalue weighted by molar-refractivity contribution is 5.93. The van der Waals surface area contributed by atoms with E-state index in [9.17, 15) is 19.7 Å². The number of nitro benzene ring substituents is 1. The molecule has 0 aliphatic heterocycles. The Morgan fingerprint density at radius 3 is 2.43 bits per heavy atom. The minimum atomic E-state index is -0.515. The van der Waals surface area contributed by atoms with Crippen LogP contribution in [0.1, 0.15) is 64.2 Å². The lowest BCUT2D eigenvalue weighted by molar-refractivity contribution is -0.383. The van der Waals surface area contributed by atoms with Gasteiger partial charge in [0.25, 0.3) is 0 Å². The third-order valence-electron chi connectivity index (χ3n) is 4.57. The van der Waals surface area contributed by atoms with Crippen LogP contribution in [0.25, 0.3) is 11.0 Å². The van der Waals surface area contributed by atoms with Crippen LogP contribution in [0.4, 0.5) is 11.4 Å². The van der Waals surface area contributed by atoms with E-state index in [1.807, 2.05) is 0 Å². The van der Waals surface area contributed by atoms with Gasteiger partial charge in [0.05, 0.1) is 10.6 Å². The number of nitro groups is 1. The third kappa shape index (κ3) is 6.71. The van der Waals surface area contributed by atoms with Gasteiger partial charge in [-0.15, -0.1) is 0 Å². The van der Waals surface area contributed by atoms with Crippen molar-refractivity contribution in [2.75, 3.05) is 11.9 Å². The van der Waals surface area contributed by atoms with Gasteiger partial charge in [0.15, 0.2) is 5.52 Å². The molecule has 1 aromatic carbocycles. The fourth-order valence-corrected chi connectivity index (χ4v) is 3.02. The van der Waals surface area contributed by atoms with E-state index in [0.29, 0.717) is 42.8 Å². The number of carbonyl (C=O) groups is 2. The Kier molecular flexibility index (Phi) is 9.03. The number of fused-ring (bicyclic) bond motifs is 1. The van der Waals surface area contributed by atoms with E-state index in [1.54, 1.807) is 6.07 Å². The number of anilines is 1. The summed E-state index contributed by atoms with van der Waals surface area (Å²) in [5.74, 6) is 0.300. The molecule has 0 spiro atoms. The van der Waals surface area contributed by atoms with Crippen LogP contribution in [0.15, 0.2) is 16.8 Å². The second-order valence-corrected chi connectivity index (χ2v) is 6.75. The first kappa shape index (κ1) is 21.5. The first-order chi connectivity index (χ1) is 13.6. The van der Waals surface area contributed by atoms with Crippen LogP contribution in [0.3, 0.4) is 0 Å². The summed E-state index contributed by atoms with van der Waals surface area (Å²) in [6.07, 6.45) is 9.26. The molecule has 0 radical (unpaired) electrons. The molecule has 2 aromatic rings. The van der Waals surface area contributed by atoms with Gasteiger partial charge in [-0.1, -0.05) is 19.3 Å². The van der Waals surface area contributed by atoms with Crippen LogP contribution in [-0.4, -0.2) is 33.9 Å². The summed E-state index contributed by atoms with van der Waals surface area (Å²) in [6, 6.07) is 2.98. The molecule has 0 bridgehead atoms. The first-order valence-corrected chi connectivity index (χ1v) is 9.72. The summed E-state index contributed by atoms with van der Waals surface area (Å²) in [6.45, 7) is 0.671. The molecule has 0 aliphatic rings. The van der Waals surface area contributed by atoms with Crippen LogP contribution < -0.4 is 5.32 Å². The average Bonchev–Trinajstić information content (AvgIpc) is 3.17. The summed E-state index contributed by atoms with van der Waals surface area (Å²) >= 11 is 0. The number of aldehydes is 1. The maximum Gasteiger partial charge on any atom is 0.300 e. The van der Waals surface area contributed by atoms with Crippen molar-refractivity contribution >= 4 is 34.5 Å². The van der Waals surface area contributed by atoms with Crippen molar-refractivity contribution < 1.29 is 19.1 Å². The number of hydrogen-bond acceptors (Lipinski definition) is 8. The summed E-state index contributed by atoms with van der Waals surface area (Å²) in [4.78, 5) is 32.5. The van der Waals surface area contributed by atoms with Crippen LogP contribution in [-0.2, 0) is 9.59 Å². The Morgan fingerprint density at radius 1 is 1.04 bits per heavy atom. The lowest BCUT2D eigenvalue weighted by Crippen LogP contribution is -2.03. The van der Waals surface area contributed by atoms with Crippen molar-refractivity contribution in [3.8, 4) is 0 Å². The zero-order chi connectivity index (χ0) is 20.2. The Morgan fingerprint density at radius 2 is 1.71 bits per heavy atom. The Labute approximate surface area is 163 Å². The second-order valence-electron chi connectivity index (χ2n) is 6.75. The van der Waals surface area contributed by atoms with Crippen LogP contribution >= 0.6 is 0 Å². The summed E-state index contributed by atoms with van der Waals surface area (Å²) in [5, 5.41) is 21.5. The molecule has 0 amide bonds. The molecule has 0 saturated heterocycles. The average molecular weight is 390 g/mol.